The van der Waals surface area contributed by atoms with Crippen molar-refractivity contribution in [1.82, 2.24) is 15.6 Å². The number of aromatic nitrogens is 1. The summed E-state index contributed by atoms with van der Waals surface area (Å²) in [6.45, 7) is 10.1. The number of anilines is 1. The predicted molar refractivity (Wildman–Crippen MR) is 140 cm³/mol. The fourth-order valence-electron chi connectivity index (χ4n) is 3.46. The van der Waals surface area contributed by atoms with Gasteiger partial charge in [-0.25, -0.2) is 4.98 Å². The summed E-state index contributed by atoms with van der Waals surface area (Å²) in [4.78, 5) is 13.2. The molecule has 2 heterocycles. The lowest BCUT2D eigenvalue weighted by atomic mass is 10.1. The maximum Gasteiger partial charge on any atom is 0.191 e. The Balaban J connectivity index is 0.00000320. The number of guanidine groups is 1. The Bertz CT molecular complexity index is 778. The normalized spacial score (nSPS) is 16.0. The number of aryl methyl sites for hydroxylation is 1. The van der Waals surface area contributed by atoms with Crippen molar-refractivity contribution in [3.8, 4) is 0 Å². The van der Waals surface area contributed by atoms with Crippen LogP contribution in [0.4, 0.5) is 5.82 Å². The van der Waals surface area contributed by atoms with Gasteiger partial charge in [0.2, 0.25) is 0 Å². The van der Waals surface area contributed by atoms with Gasteiger partial charge in [-0.1, -0.05) is 31.2 Å². The first-order valence-corrected chi connectivity index (χ1v) is 11.5. The van der Waals surface area contributed by atoms with Gasteiger partial charge in [0.25, 0.3) is 0 Å². The number of thioether (sulfide) groups is 1. The number of pyridine rings is 1. The Hall–Kier alpha value is -1.48. The number of nitrogens with zero attached hydrogens (tertiary/aromatic N) is 3. The average Bonchev–Trinajstić information content (AvgIpc) is 2.73. The average molecular weight is 540 g/mol. The monoisotopic (exact) mass is 539 g/mol. The molecular formula is C23H34IN5S. The molecule has 1 aliphatic rings. The highest BCUT2D eigenvalue weighted by atomic mass is 127. The van der Waals surface area contributed by atoms with E-state index in [0.717, 1.165) is 56.5 Å². The van der Waals surface area contributed by atoms with Crippen molar-refractivity contribution in [1.29, 1.82) is 0 Å². The van der Waals surface area contributed by atoms with Gasteiger partial charge >= 0.3 is 0 Å². The zero-order chi connectivity index (χ0) is 20.5. The molecule has 0 bridgehead atoms. The highest BCUT2D eigenvalue weighted by molar-refractivity contribution is 14.0. The molecule has 1 saturated heterocycles. The minimum Gasteiger partial charge on any atom is -0.357 e. The summed E-state index contributed by atoms with van der Waals surface area (Å²) in [5.41, 5.74) is 1.08. The van der Waals surface area contributed by atoms with E-state index >= 15 is 0 Å². The van der Waals surface area contributed by atoms with E-state index in [1.165, 1.54) is 4.90 Å². The third kappa shape index (κ3) is 7.98. The highest BCUT2D eigenvalue weighted by Gasteiger charge is 2.21. The minimum atomic E-state index is 0. The topological polar surface area (TPSA) is 52.6 Å². The number of hydrogen-bond donors (Lipinski definition) is 2. The lowest BCUT2D eigenvalue weighted by Gasteiger charge is -2.34. The first kappa shape index (κ1) is 24.8. The van der Waals surface area contributed by atoms with E-state index in [1.54, 1.807) is 0 Å². The van der Waals surface area contributed by atoms with Crippen LogP contribution in [-0.4, -0.2) is 48.4 Å². The van der Waals surface area contributed by atoms with E-state index in [2.05, 4.69) is 76.8 Å². The van der Waals surface area contributed by atoms with Crippen LogP contribution in [0.15, 0.2) is 58.4 Å². The second-order valence-electron chi connectivity index (χ2n) is 7.50. The molecule has 0 radical (unpaired) electrons. The fraction of sp³-hybridized carbons (Fsp3) is 0.478. The van der Waals surface area contributed by atoms with E-state index in [-0.39, 0.29) is 24.0 Å². The minimum absolute atomic E-state index is 0. The number of aliphatic imine (C=N–C) groups is 1. The lowest BCUT2D eigenvalue weighted by molar-refractivity contribution is 0.459. The van der Waals surface area contributed by atoms with Crippen LogP contribution in [0.2, 0.25) is 0 Å². The molecule has 2 N–H and O–H groups in total. The molecule has 0 amide bonds. The SMILES string of the molecule is CCNC(=NCC(C)Sc1ccccc1)NC1CCN(c2cccc(C)n2)CC1.I. The van der Waals surface area contributed by atoms with Gasteiger partial charge in [-0.05, 0) is 51.0 Å². The van der Waals surface area contributed by atoms with Crippen LogP contribution in [0.3, 0.4) is 0 Å². The Kier molecular flexibility index (Phi) is 10.8. The van der Waals surface area contributed by atoms with Crippen LogP contribution in [-0.2, 0) is 0 Å². The van der Waals surface area contributed by atoms with E-state index < -0.39 is 0 Å². The summed E-state index contributed by atoms with van der Waals surface area (Å²) >= 11 is 1.87. The van der Waals surface area contributed by atoms with Gasteiger partial charge in [0.15, 0.2) is 5.96 Å². The second kappa shape index (κ2) is 13.0. The zero-order valence-corrected chi connectivity index (χ0v) is 21.3. The molecule has 5 nitrogen and oxygen atoms in total. The van der Waals surface area contributed by atoms with Crippen molar-refractivity contribution in [2.75, 3.05) is 31.1 Å². The maximum atomic E-state index is 4.84. The summed E-state index contributed by atoms with van der Waals surface area (Å²) in [6.07, 6.45) is 2.18. The third-order valence-electron chi connectivity index (χ3n) is 4.96. The fourth-order valence-corrected chi connectivity index (χ4v) is 4.39. The van der Waals surface area contributed by atoms with Crippen LogP contribution in [0.25, 0.3) is 0 Å². The van der Waals surface area contributed by atoms with Crippen molar-refractivity contribution >= 4 is 47.5 Å². The Labute approximate surface area is 202 Å². The second-order valence-corrected chi connectivity index (χ2v) is 9.02. The molecule has 0 saturated carbocycles. The summed E-state index contributed by atoms with van der Waals surface area (Å²) in [5.74, 6) is 2.02. The van der Waals surface area contributed by atoms with Crippen molar-refractivity contribution in [2.24, 2.45) is 4.99 Å². The van der Waals surface area contributed by atoms with Crippen LogP contribution in [0.5, 0.6) is 0 Å². The van der Waals surface area contributed by atoms with Gasteiger partial charge in [-0.2, -0.15) is 0 Å². The lowest BCUT2D eigenvalue weighted by Crippen LogP contribution is -2.49. The molecule has 1 atom stereocenters. The van der Waals surface area contributed by atoms with Crippen LogP contribution < -0.4 is 15.5 Å². The van der Waals surface area contributed by atoms with Crippen LogP contribution in [0.1, 0.15) is 32.4 Å². The van der Waals surface area contributed by atoms with Gasteiger partial charge < -0.3 is 15.5 Å². The van der Waals surface area contributed by atoms with Crippen LogP contribution in [0, 0.1) is 6.92 Å². The molecule has 1 fully saturated rings. The third-order valence-corrected chi connectivity index (χ3v) is 6.06. The molecule has 164 valence electrons. The molecule has 1 aliphatic heterocycles. The van der Waals surface area contributed by atoms with Gasteiger partial charge in [0.1, 0.15) is 5.82 Å². The summed E-state index contributed by atoms with van der Waals surface area (Å²) in [5, 5.41) is 7.48. The first-order chi connectivity index (χ1) is 14.1. The highest BCUT2D eigenvalue weighted by Crippen LogP contribution is 2.22. The molecule has 1 unspecified atom stereocenters. The number of rotatable bonds is 7. The Morgan fingerprint density at radius 1 is 1.17 bits per heavy atom. The summed E-state index contributed by atoms with van der Waals surface area (Å²) in [7, 11) is 0. The summed E-state index contributed by atoms with van der Waals surface area (Å²) < 4.78 is 0. The van der Waals surface area contributed by atoms with E-state index in [4.69, 9.17) is 4.99 Å². The molecule has 0 aliphatic carbocycles. The predicted octanol–water partition coefficient (Wildman–Crippen LogP) is 4.71. The molecule has 3 rings (SSSR count). The number of hydrogen-bond acceptors (Lipinski definition) is 4. The molecule has 1 aromatic carbocycles. The van der Waals surface area contributed by atoms with Crippen molar-refractivity contribution in [3.63, 3.8) is 0 Å². The molecular weight excluding hydrogens is 505 g/mol. The van der Waals surface area contributed by atoms with Crippen molar-refractivity contribution in [3.05, 3.63) is 54.2 Å². The molecule has 30 heavy (non-hydrogen) atoms. The summed E-state index contributed by atoms with van der Waals surface area (Å²) in [6, 6.07) is 17.2. The Morgan fingerprint density at radius 2 is 1.90 bits per heavy atom. The molecule has 0 spiro atoms. The Morgan fingerprint density at radius 3 is 2.57 bits per heavy atom. The zero-order valence-electron chi connectivity index (χ0n) is 18.2. The molecule has 1 aromatic heterocycles. The van der Waals surface area contributed by atoms with E-state index in [0.29, 0.717) is 11.3 Å². The smallest absolute Gasteiger partial charge is 0.191 e. The number of nitrogens with one attached hydrogen (secondary N) is 2. The quantitative estimate of drug-likeness (QED) is 0.231. The van der Waals surface area contributed by atoms with Gasteiger partial charge in [-0.15, -0.1) is 35.7 Å². The van der Waals surface area contributed by atoms with E-state index in [1.807, 2.05) is 24.8 Å². The number of halogens is 1. The molecule has 2 aromatic rings. The van der Waals surface area contributed by atoms with Gasteiger partial charge in [-0.3, -0.25) is 4.99 Å². The first-order valence-electron chi connectivity index (χ1n) is 10.6. The largest absolute Gasteiger partial charge is 0.357 e. The number of piperidine rings is 1. The number of benzene rings is 1. The standard InChI is InChI=1S/C23H33N5S.HI/c1-4-24-23(25-17-19(3)29-21-10-6-5-7-11-21)27-20-13-15-28(16-14-20)22-12-8-9-18(2)26-22;/h5-12,19-20H,4,13-17H2,1-3H3,(H2,24,25,27);1H. The maximum absolute atomic E-state index is 4.84. The van der Waals surface area contributed by atoms with Gasteiger partial charge in [0, 0.05) is 41.5 Å². The van der Waals surface area contributed by atoms with Gasteiger partial charge in [0.05, 0.1) is 6.54 Å². The van der Waals surface area contributed by atoms with Crippen molar-refractivity contribution in [2.45, 2.75) is 49.8 Å². The van der Waals surface area contributed by atoms with E-state index in [9.17, 15) is 0 Å². The molecule has 7 heteroatoms. The van der Waals surface area contributed by atoms with Crippen LogP contribution >= 0.6 is 35.7 Å². The van der Waals surface area contributed by atoms with Crippen molar-refractivity contribution < 1.29 is 0 Å².